The molecule has 126 valence electrons. The van der Waals surface area contributed by atoms with Gasteiger partial charge in [0, 0.05) is 6.54 Å². The molecule has 0 radical (unpaired) electrons. The highest BCUT2D eigenvalue weighted by molar-refractivity contribution is 5.73. The zero-order valence-electron chi connectivity index (χ0n) is 13.4. The fourth-order valence-electron chi connectivity index (χ4n) is 2.12. The van der Waals surface area contributed by atoms with Crippen LogP contribution < -0.4 is 14.8 Å². The quantitative estimate of drug-likeness (QED) is 0.862. The lowest BCUT2D eigenvalue weighted by atomic mass is 9.99. The molecule has 7 heteroatoms. The van der Waals surface area contributed by atoms with Gasteiger partial charge in [-0.05, 0) is 44.9 Å². The first kappa shape index (κ1) is 16.9. The zero-order chi connectivity index (χ0) is 17.0. The maximum atomic E-state index is 11.6. The number of benzene rings is 1. The van der Waals surface area contributed by atoms with Crippen molar-refractivity contribution in [1.82, 2.24) is 5.32 Å². The van der Waals surface area contributed by atoms with E-state index in [2.05, 4.69) is 5.32 Å². The molecule has 0 saturated heterocycles. The molecule has 1 aromatic rings. The van der Waals surface area contributed by atoms with Crippen LogP contribution >= 0.6 is 0 Å². The summed E-state index contributed by atoms with van der Waals surface area (Å²) in [6.07, 6.45) is -0.365. The van der Waals surface area contributed by atoms with E-state index in [0.717, 1.165) is 5.56 Å². The normalized spacial score (nSPS) is 14.2. The molecule has 1 aliphatic heterocycles. The lowest BCUT2D eigenvalue weighted by Gasteiger charge is -2.21. The highest BCUT2D eigenvalue weighted by Crippen LogP contribution is 2.33. The van der Waals surface area contributed by atoms with Gasteiger partial charge in [-0.2, -0.15) is 0 Å². The molecular weight excluding hydrogens is 302 g/mol. The van der Waals surface area contributed by atoms with Crippen LogP contribution in [0.25, 0.3) is 0 Å². The second-order valence-electron chi connectivity index (χ2n) is 6.31. The molecule has 1 amide bonds. The largest absolute Gasteiger partial charge is 0.481 e. The van der Waals surface area contributed by atoms with Gasteiger partial charge in [-0.3, -0.25) is 4.79 Å². The molecule has 0 fully saturated rings. The Morgan fingerprint density at radius 3 is 2.65 bits per heavy atom. The summed E-state index contributed by atoms with van der Waals surface area (Å²) in [5.41, 5.74) is 0.174. The van der Waals surface area contributed by atoms with Crippen LogP contribution in [0.3, 0.4) is 0 Å². The number of amides is 1. The molecule has 7 nitrogen and oxygen atoms in total. The second kappa shape index (κ2) is 6.76. The molecule has 2 N–H and O–H groups in total. The van der Waals surface area contributed by atoms with E-state index in [0.29, 0.717) is 11.5 Å². The number of fused-ring (bicyclic) bond motifs is 1. The number of ether oxygens (including phenoxy) is 3. The zero-order valence-corrected chi connectivity index (χ0v) is 13.4. The fraction of sp³-hybridized carbons (Fsp3) is 0.500. The van der Waals surface area contributed by atoms with Crippen molar-refractivity contribution in [2.24, 2.45) is 5.92 Å². The number of carbonyl (C=O) groups is 2. The van der Waals surface area contributed by atoms with E-state index >= 15 is 0 Å². The topological polar surface area (TPSA) is 94.1 Å². The summed E-state index contributed by atoms with van der Waals surface area (Å²) in [6, 6.07) is 5.29. The molecule has 0 unspecified atom stereocenters. The summed E-state index contributed by atoms with van der Waals surface area (Å²) in [4.78, 5) is 23.0. The van der Waals surface area contributed by atoms with Crippen molar-refractivity contribution >= 4 is 12.1 Å². The predicted octanol–water partition coefficient (Wildman–Crippen LogP) is 2.18. The van der Waals surface area contributed by atoms with E-state index < -0.39 is 23.6 Å². The molecule has 1 aromatic carbocycles. The summed E-state index contributed by atoms with van der Waals surface area (Å²) in [7, 11) is 0. The third-order valence-electron chi connectivity index (χ3n) is 3.16. The minimum atomic E-state index is -0.987. The summed E-state index contributed by atoms with van der Waals surface area (Å²) >= 11 is 0. The molecule has 0 saturated carbocycles. The van der Waals surface area contributed by atoms with Crippen molar-refractivity contribution < 1.29 is 28.9 Å². The van der Waals surface area contributed by atoms with E-state index in [1.807, 2.05) is 0 Å². The monoisotopic (exact) mass is 323 g/mol. The molecule has 0 aromatic heterocycles. The van der Waals surface area contributed by atoms with Gasteiger partial charge in [0.1, 0.15) is 5.60 Å². The van der Waals surface area contributed by atoms with E-state index in [9.17, 15) is 14.7 Å². The van der Waals surface area contributed by atoms with Gasteiger partial charge in [-0.15, -0.1) is 0 Å². The Morgan fingerprint density at radius 1 is 1.30 bits per heavy atom. The molecule has 1 aliphatic rings. The Hall–Kier alpha value is -2.44. The highest BCUT2D eigenvalue weighted by atomic mass is 16.7. The summed E-state index contributed by atoms with van der Waals surface area (Å²) in [6.45, 7) is 5.38. The number of aliphatic carboxylic acids is 1. The summed E-state index contributed by atoms with van der Waals surface area (Å²) in [5.74, 6) is -0.499. The van der Waals surface area contributed by atoms with Crippen molar-refractivity contribution in [1.29, 1.82) is 0 Å². The van der Waals surface area contributed by atoms with Crippen LogP contribution in [0.4, 0.5) is 4.79 Å². The summed E-state index contributed by atoms with van der Waals surface area (Å²) < 4.78 is 15.6. The number of hydrogen-bond acceptors (Lipinski definition) is 5. The minimum Gasteiger partial charge on any atom is -0.481 e. The number of hydrogen-bond donors (Lipinski definition) is 2. The van der Waals surface area contributed by atoms with Gasteiger partial charge >= 0.3 is 12.1 Å². The van der Waals surface area contributed by atoms with E-state index in [-0.39, 0.29) is 19.8 Å². The molecule has 0 spiro atoms. The lowest BCUT2D eigenvalue weighted by molar-refractivity contribution is -0.141. The van der Waals surface area contributed by atoms with Gasteiger partial charge in [0.2, 0.25) is 6.79 Å². The Balaban J connectivity index is 1.94. The fourth-order valence-corrected chi connectivity index (χ4v) is 2.12. The number of carbonyl (C=O) groups excluding carboxylic acids is 1. The highest BCUT2D eigenvalue weighted by Gasteiger charge is 2.23. The van der Waals surface area contributed by atoms with Crippen molar-refractivity contribution in [3.63, 3.8) is 0 Å². The Kier molecular flexibility index (Phi) is 4.98. The average molecular weight is 323 g/mol. The SMILES string of the molecule is CC(C)(C)OC(=O)NC[C@@H](Cc1ccc2c(c1)OCO2)C(=O)O. The smallest absolute Gasteiger partial charge is 0.407 e. The van der Waals surface area contributed by atoms with Gasteiger partial charge in [0.25, 0.3) is 0 Å². The number of nitrogens with one attached hydrogen (secondary N) is 1. The molecule has 0 bridgehead atoms. The van der Waals surface area contributed by atoms with Crippen molar-refractivity contribution in [2.45, 2.75) is 32.8 Å². The maximum absolute atomic E-state index is 11.6. The van der Waals surface area contributed by atoms with Crippen molar-refractivity contribution in [3.05, 3.63) is 23.8 Å². The van der Waals surface area contributed by atoms with Gasteiger partial charge in [-0.25, -0.2) is 4.79 Å². The van der Waals surface area contributed by atoms with Crippen LogP contribution in [0.2, 0.25) is 0 Å². The molecular formula is C16H21NO6. The van der Waals surface area contributed by atoms with E-state index in [1.165, 1.54) is 0 Å². The standard InChI is InChI=1S/C16H21NO6/c1-16(2,3)23-15(20)17-8-11(14(18)19)6-10-4-5-12-13(7-10)22-9-21-12/h4-5,7,11H,6,8-9H2,1-3H3,(H,17,20)(H,18,19)/t11-/m1/s1. The van der Waals surface area contributed by atoms with Gasteiger partial charge in [0.15, 0.2) is 11.5 Å². The molecule has 2 rings (SSSR count). The Bertz CT molecular complexity index is 593. The van der Waals surface area contributed by atoms with Crippen molar-refractivity contribution in [2.75, 3.05) is 13.3 Å². The third kappa shape index (κ3) is 5.05. The number of alkyl carbamates (subject to hydrolysis) is 1. The van der Waals surface area contributed by atoms with Gasteiger partial charge in [-0.1, -0.05) is 6.07 Å². The third-order valence-corrected chi connectivity index (χ3v) is 3.16. The van der Waals surface area contributed by atoms with Crippen LogP contribution in [0.5, 0.6) is 11.5 Å². The number of rotatable bonds is 5. The second-order valence-corrected chi connectivity index (χ2v) is 6.31. The maximum Gasteiger partial charge on any atom is 0.407 e. The van der Waals surface area contributed by atoms with Crippen LogP contribution in [0.15, 0.2) is 18.2 Å². The number of carboxylic acid groups (broad SMARTS) is 1. The number of carboxylic acids is 1. The van der Waals surface area contributed by atoms with Gasteiger partial charge in [0.05, 0.1) is 5.92 Å². The van der Waals surface area contributed by atoms with Crippen LogP contribution in [-0.4, -0.2) is 36.1 Å². The molecule has 0 aliphatic carbocycles. The van der Waals surface area contributed by atoms with Crippen LogP contribution in [-0.2, 0) is 16.0 Å². The van der Waals surface area contributed by atoms with E-state index in [4.69, 9.17) is 14.2 Å². The lowest BCUT2D eigenvalue weighted by Crippen LogP contribution is -2.37. The van der Waals surface area contributed by atoms with Crippen molar-refractivity contribution in [3.8, 4) is 11.5 Å². The Morgan fingerprint density at radius 2 is 2.00 bits per heavy atom. The molecule has 23 heavy (non-hydrogen) atoms. The van der Waals surface area contributed by atoms with Crippen LogP contribution in [0.1, 0.15) is 26.3 Å². The van der Waals surface area contributed by atoms with Gasteiger partial charge < -0.3 is 24.6 Å². The Labute approximate surface area is 134 Å². The average Bonchev–Trinajstić information content (AvgIpc) is 2.88. The first-order chi connectivity index (χ1) is 10.7. The minimum absolute atomic E-state index is 0.0152. The summed E-state index contributed by atoms with van der Waals surface area (Å²) in [5, 5.41) is 11.8. The predicted molar refractivity (Wildman–Crippen MR) is 81.6 cm³/mol. The first-order valence-electron chi connectivity index (χ1n) is 7.33. The first-order valence-corrected chi connectivity index (χ1v) is 7.33. The van der Waals surface area contributed by atoms with Crippen LogP contribution in [0, 0.1) is 5.92 Å². The molecule has 1 atom stereocenters. The van der Waals surface area contributed by atoms with E-state index in [1.54, 1.807) is 39.0 Å². The molecule has 1 heterocycles.